The highest BCUT2D eigenvalue weighted by atomic mass is 16.1. The third kappa shape index (κ3) is 2.82. The van der Waals surface area contributed by atoms with E-state index in [1.54, 1.807) is 0 Å². The van der Waals surface area contributed by atoms with Gasteiger partial charge in [0.05, 0.1) is 0 Å². The zero-order chi connectivity index (χ0) is 13.1. The molecule has 1 heterocycles. The van der Waals surface area contributed by atoms with E-state index in [4.69, 9.17) is 11.5 Å². The summed E-state index contributed by atoms with van der Waals surface area (Å²) in [5, 5.41) is 0. The van der Waals surface area contributed by atoms with Crippen LogP contribution in [0.4, 0.5) is 5.69 Å². The largest absolute Gasteiger partial charge is 0.371 e. The van der Waals surface area contributed by atoms with Crippen molar-refractivity contribution in [2.24, 2.45) is 11.5 Å². The number of primary amides is 1. The number of carbonyl (C=O) groups excluding carboxylic acids is 1. The minimum Gasteiger partial charge on any atom is -0.371 e. The van der Waals surface area contributed by atoms with Crippen LogP contribution in [-0.4, -0.2) is 19.0 Å². The molecule has 18 heavy (non-hydrogen) atoms. The molecule has 1 aliphatic rings. The third-order valence-electron chi connectivity index (χ3n) is 3.47. The van der Waals surface area contributed by atoms with Gasteiger partial charge in [-0.15, -0.1) is 0 Å². The fourth-order valence-corrected chi connectivity index (χ4v) is 2.46. The summed E-state index contributed by atoms with van der Waals surface area (Å²) in [4.78, 5) is 13.1. The number of benzene rings is 1. The van der Waals surface area contributed by atoms with Gasteiger partial charge in [0.15, 0.2) is 0 Å². The predicted octanol–water partition coefficient (Wildman–Crippen LogP) is 1.33. The molecule has 2 rings (SSSR count). The van der Waals surface area contributed by atoms with Gasteiger partial charge in [0, 0.05) is 31.2 Å². The van der Waals surface area contributed by atoms with Gasteiger partial charge in [0.1, 0.15) is 0 Å². The first kappa shape index (κ1) is 12.9. The van der Waals surface area contributed by atoms with Crippen LogP contribution in [-0.2, 0) is 11.2 Å². The Hall–Kier alpha value is -1.55. The van der Waals surface area contributed by atoms with Gasteiger partial charge in [0.25, 0.3) is 0 Å². The van der Waals surface area contributed by atoms with Crippen molar-refractivity contribution in [1.82, 2.24) is 0 Å². The summed E-state index contributed by atoms with van der Waals surface area (Å²) < 4.78 is 0. The maximum Gasteiger partial charge on any atom is 0.219 e. The van der Waals surface area contributed by atoms with E-state index in [-0.39, 0.29) is 11.9 Å². The van der Waals surface area contributed by atoms with E-state index < -0.39 is 0 Å². The third-order valence-corrected chi connectivity index (χ3v) is 3.47. The Balaban J connectivity index is 2.19. The smallest absolute Gasteiger partial charge is 0.219 e. The number of fused-ring (bicyclic) bond motifs is 1. The van der Waals surface area contributed by atoms with Crippen molar-refractivity contribution < 1.29 is 4.79 Å². The van der Waals surface area contributed by atoms with E-state index in [1.807, 2.05) is 6.92 Å². The first-order chi connectivity index (χ1) is 8.58. The number of hydrogen-bond acceptors (Lipinski definition) is 3. The second kappa shape index (κ2) is 5.40. The standard InChI is InChI=1S/C14H21N3O/c1-10(15)11-4-5-13-12(9-11)3-2-7-17(13)8-6-14(16)18/h4-5,9-10H,2-3,6-8,15H2,1H3,(H2,16,18). The molecular formula is C14H21N3O. The van der Waals surface area contributed by atoms with Gasteiger partial charge < -0.3 is 16.4 Å². The molecule has 1 aromatic carbocycles. The van der Waals surface area contributed by atoms with Gasteiger partial charge in [-0.1, -0.05) is 12.1 Å². The second-order valence-corrected chi connectivity index (χ2v) is 4.98. The van der Waals surface area contributed by atoms with Crippen molar-refractivity contribution in [2.75, 3.05) is 18.0 Å². The Morgan fingerprint density at radius 3 is 2.94 bits per heavy atom. The maximum atomic E-state index is 10.9. The number of nitrogens with zero attached hydrogens (tertiary/aromatic N) is 1. The summed E-state index contributed by atoms with van der Waals surface area (Å²) in [5.41, 5.74) is 14.9. The first-order valence-electron chi connectivity index (χ1n) is 6.49. The summed E-state index contributed by atoms with van der Waals surface area (Å²) in [6.07, 6.45) is 2.62. The number of hydrogen-bond donors (Lipinski definition) is 2. The van der Waals surface area contributed by atoms with Gasteiger partial charge >= 0.3 is 0 Å². The first-order valence-corrected chi connectivity index (χ1v) is 6.49. The molecule has 0 aromatic heterocycles. The van der Waals surface area contributed by atoms with Crippen LogP contribution in [0.2, 0.25) is 0 Å². The van der Waals surface area contributed by atoms with Crippen molar-refractivity contribution in [1.29, 1.82) is 0 Å². The molecule has 0 saturated carbocycles. The number of aryl methyl sites for hydroxylation is 1. The highest BCUT2D eigenvalue weighted by Crippen LogP contribution is 2.29. The lowest BCUT2D eigenvalue weighted by molar-refractivity contribution is -0.117. The molecule has 4 N–H and O–H groups in total. The topological polar surface area (TPSA) is 72.3 Å². The van der Waals surface area contributed by atoms with Crippen LogP contribution in [0.25, 0.3) is 0 Å². The number of amides is 1. The van der Waals surface area contributed by atoms with Gasteiger partial charge in [-0.05, 0) is 37.0 Å². The monoisotopic (exact) mass is 247 g/mol. The van der Waals surface area contributed by atoms with E-state index in [0.29, 0.717) is 13.0 Å². The Kier molecular flexibility index (Phi) is 3.87. The summed E-state index contributed by atoms with van der Waals surface area (Å²) in [7, 11) is 0. The van der Waals surface area contributed by atoms with E-state index in [2.05, 4.69) is 23.1 Å². The lowest BCUT2D eigenvalue weighted by Gasteiger charge is -2.31. The van der Waals surface area contributed by atoms with Gasteiger partial charge in [-0.2, -0.15) is 0 Å². The van der Waals surface area contributed by atoms with Crippen molar-refractivity contribution in [3.8, 4) is 0 Å². The maximum absolute atomic E-state index is 10.9. The van der Waals surface area contributed by atoms with E-state index >= 15 is 0 Å². The number of carbonyl (C=O) groups is 1. The number of rotatable bonds is 4. The van der Waals surface area contributed by atoms with Gasteiger partial charge in [-0.25, -0.2) is 0 Å². The lowest BCUT2D eigenvalue weighted by atomic mass is 9.97. The zero-order valence-electron chi connectivity index (χ0n) is 10.9. The molecule has 0 saturated heterocycles. The van der Waals surface area contributed by atoms with Crippen LogP contribution < -0.4 is 16.4 Å². The summed E-state index contributed by atoms with van der Waals surface area (Å²) in [6, 6.07) is 6.45. The Labute approximate surface area is 108 Å². The van der Waals surface area contributed by atoms with Crippen LogP contribution in [0.15, 0.2) is 18.2 Å². The average molecular weight is 247 g/mol. The highest BCUT2D eigenvalue weighted by molar-refractivity contribution is 5.74. The summed E-state index contributed by atoms with van der Waals surface area (Å²) in [5.74, 6) is -0.241. The predicted molar refractivity (Wildman–Crippen MR) is 73.4 cm³/mol. The number of anilines is 1. The van der Waals surface area contributed by atoms with Crippen LogP contribution >= 0.6 is 0 Å². The molecule has 0 aliphatic carbocycles. The molecule has 4 heteroatoms. The second-order valence-electron chi connectivity index (χ2n) is 4.98. The number of nitrogens with two attached hydrogens (primary N) is 2. The van der Waals surface area contributed by atoms with Crippen LogP contribution in [0, 0.1) is 0 Å². The fourth-order valence-electron chi connectivity index (χ4n) is 2.46. The molecule has 1 aromatic rings. The quantitative estimate of drug-likeness (QED) is 0.843. The fraction of sp³-hybridized carbons (Fsp3) is 0.500. The molecule has 4 nitrogen and oxygen atoms in total. The molecule has 0 fully saturated rings. The molecule has 1 atom stereocenters. The minimum absolute atomic E-state index is 0.0660. The molecule has 0 bridgehead atoms. The molecular weight excluding hydrogens is 226 g/mol. The summed E-state index contributed by atoms with van der Waals surface area (Å²) >= 11 is 0. The zero-order valence-corrected chi connectivity index (χ0v) is 10.9. The molecule has 1 amide bonds. The van der Waals surface area contributed by atoms with Crippen LogP contribution in [0.1, 0.15) is 36.9 Å². The Morgan fingerprint density at radius 2 is 2.28 bits per heavy atom. The van der Waals surface area contributed by atoms with E-state index in [0.717, 1.165) is 19.4 Å². The Bertz CT molecular complexity index is 443. The highest BCUT2D eigenvalue weighted by Gasteiger charge is 2.17. The SMILES string of the molecule is CC(N)c1ccc2c(c1)CCCN2CCC(N)=O. The van der Waals surface area contributed by atoms with Crippen molar-refractivity contribution in [2.45, 2.75) is 32.2 Å². The van der Waals surface area contributed by atoms with Crippen LogP contribution in [0.5, 0.6) is 0 Å². The van der Waals surface area contributed by atoms with Gasteiger partial charge in [0.2, 0.25) is 5.91 Å². The van der Waals surface area contributed by atoms with Gasteiger partial charge in [-0.3, -0.25) is 4.79 Å². The molecule has 1 aliphatic heterocycles. The van der Waals surface area contributed by atoms with Crippen molar-refractivity contribution in [3.63, 3.8) is 0 Å². The summed E-state index contributed by atoms with van der Waals surface area (Å²) in [6.45, 7) is 3.70. The van der Waals surface area contributed by atoms with E-state index in [9.17, 15) is 4.79 Å². The van der Waals surface area contributed by atoms with Crippen molar-refractivity contribution >= 4 is 11.6 Å². The lowest BCUT2D eigenvalue weighted by Crippen LogP contribution is -2.32. The average Bonchev–Trinajstić information content (AvgIpc) is 2.35. The van der Waals surface area contributed by atoms with Crippen molar-refractivity contribution in [3.05, 3.63) is 29.3 Å². The molecule has 0 spiro atoms. The van der Waals surface area contributed by atoms with E-state index in [1.165, 1.54) is 16.8 Å². The molecule has 1 unspecified atom stereocenters. The molecule has 98 valence electrons. The van der Waals surface area contributed by atoms with Crippen LogP contribution in [0.3, 0.4) is 0 Å². The molecule has 0 radical (unpaired) electrons. The normalized spacial score (nSPS) is 16.2. The Morgan fingerprint density at radius 1 is 1.50 bits per heavy atom. The minimum atomic E-state index is -0.241.